The Kier molecular flexibility index (Phi) is 5.77. The molecule has 1 aliphatic heterocycles. The van der Waals surface area contributed by atoms with Gasteiger partial charge in [0.05, 0.1) is 10.6 Å². The third-order valence-electron chi connectivity index (χ3n) is 3.71. The largest absolute Gasteiger partial charge is 0.337 e. The number of sulfone groups is 1. The molecule has 1 amide bonds. The maximum atomic E-state index is 12.3. The van der Waals surface area contributed by atoms with E-state index in [1.165, 1.54) is 6.08 Å². The van der Waals surface area contributed by atoms with Crippen LogP contribution in [0.25, 0.3) is 0 Å². The molecular weight excluding hydrogens is 368 g/mol. The summed E-state index contributed by atoms with van der Waals surface area (Å²) in [6, 6.07) is 6.68. The first-order valence-electron chi connectivity index (χ1n) is 7.04. The molecule has 1 aliphatic rings. The van der Waals surface area contributed by atoms with Crippen LogP contribution in [0.3, 0.4) is 0 Å². The highest BCUT2D eigenvalue weighted by molar-refractivity contribution is 9.10. The molecule has 0 radical (unpaired) electrons. The summed E-state index contributed by atoms with van der Waals surface area (Å²) >= 11 is 3.29. The van der Waals surface area contributed by atoms with E-state index in [9.17, 15) is 13.2 Å². The van der Waals surface area contributed by atoms with Crippen LogP contribution in [0.15, 0.2) is 46.3 Å². The second kappa shape index (κ2) is 7.39. The van der Waals surface area contributed by atoms with Gasteiger partial charge in [-0.3, -0.25) is 9.69 Å². The van der Waals surface area contributed by atoms with Gasteiger partial charge in [0, 0.05) is 37.2 Å². The summed E-state index contributed by atoms with van der Waals surface area (Å²) < 4.78 is 25.4. The van der Waals surface area contributed by atoms with Gasteiger partial charge in [-0.15, -0.1) is 0 Å². The average molecular weight is 387 g/mol. The minimum Gasteiger partial charge on any atom is -0.337 e. The molecule has 0 spiro atoms. The molecule has 0 atom stereocenters. The van der Waals surface area contributed by atoms with Crippen molar-refractivity contribution in [1.82, 2.24) is 9.80 Å². The van der Waals surface area contributed by atoms with Crippen molar-refractivity contribution in [2.75, 3.05) is 38.5 Å². The van der Waals surface area contributed by atoms with Crippen molar-refractivity contribution in [3.05, 3.63) is 41.4 Å². The highest BCUT2D eigenvalue weighted by Gasteiger charge is 2.21. The van der Waals surface area contributed by atoms with Crippen LogP contribution < -0.4 is 0 Å². The number of hydrogen-bond donors (Lipinski definition) is 0. The van der Waals surface area contributed by atoms with E-state index in [0.717, 1.165) is 4.47 Å². The van der Waals surface area contributed by atoms with E-state index < -0.39 is 9.84 Å². The van der Waals surface area contributed by atoms with Crippen LogP contribution in [0.2, 0.25) is 0 Å². The van der Waals surface area contributed by atoms with E-state index in [4.69, 9.17) is 0 Å². The summed E-state index contributed by atoms with van der Waals surface area (Å²) in [5.41, 5.74) is 0. The van der Waals surface area contributed by atoms with Crippen molar-refractivity contribution >= 4 is 31.7 Å². The lowest BCUT2D eigenvalue weighted by Crippen LogP contribution is -2.49. The molecule has 0 saturated carbocycles. The van der Waals surface area contributed by atoms with E-state index in [0.29, 0.717) is 37.6 Å². The van der Waals surface area contributed by atoms with E-state index in [1.807, 2.05) is 0 Å². The summed E-state index contributed by atoms with van der Waals surface area (Å²) in [5, 5.41) is 0. The number of carbonyl (C=O) groups is 1. The van der Waals surface area contributed by atoms with Gasteiger partial charge in [-0.2, -0.15) is 0 Å². The Balaban J connectivity index is 1.87. The first kappa shape index (κ1) is 17.2. The molecule has 0 unspecified atom stereocenters. The van der Waals surface area contributed by atoms with E-state index >= 15 is 0 Å². The molecule has 120 valence electrons. The minimum absolute atomic E-state index is 0.0675. The van der Waals surface area contributed by atoms with E-state index in [2.05, 4.69) is 27.4 Å². The predicted octanol–water partition coefficient (Wildman–Crippen LogP) is 1.55. The Morgan fingerprint density at radius 1 is 1.18 bits per heavy atom. The Morgan fingerprint density at radius 3 is 2.32 bits per heavy atom. The van der Waals surface area contributed by atoms with Gasteiger partial charge < -0.3 is 4.90 Å². The molecule has 5 nitrogen and oxygen atoms in total. The number of benzene rings is 1. The highest BCUT2D eigenvalue weighted by atomic mass is 79.9. The summed E-state index contributed by atoms with van der Waals surface area (Å²) in [7, 11) is -3.27. The zero-order valence-corrected chi connectivity index (χ0v) is 14.6. The van der Waals surface area contributed by atoms with Gasteiger partial charge in [-0.05, 0) is 30.3 Å². The van der Waals surface area contributed by atoms with E-state index in [-0.39, 0.29) is 11.7 Å². The summed E-state index contributed by atoms with van der Waals surface area (Å²) in [4.78, 5) is 15.6. The van der Waals surface area contributed by atoms with Crippen LogP contribution in [-0.4, -0.2) is 62.6 Å². The Hall–Kier alpha value is -1.18. The molecule has 0 bridgehead atoms. The van der Waals surface area contributed by atoms with Crippen molar-refractivity contribution in [2.24, 2.45) is 0 Å². The first-order valence-corrected chi connectivity index (χ1v) is 9.49. The van der Waals surface area contributed by atoms with Crippen LogP contribution in [-0.2, 0) is 14.6 Å². The maximum Gasteiger partial charge on any atom is 0.246 e. The molecular formula is C15H19BrN2O3S. The zero-order valence-electron chi connectivity index (χ0n) is 12.2. The fourth-order valence-electron chi connectivity index (χ4n) is 2.33. The van der Waals surface area contributed by atoms with Crippen LogP contribution in [0.5, 0.6) is 0 Å². The summed E-state index contributed by atoms with van der Waals surface area (Å²) in [5.74, 6) is 0.0199. The van der Waals surface area contributed by atoms with Crippen molar-refractivity contribution in [1.29, 1.82) is 0 Å². The van der Waals surface area contributed by atoms with Gasteiger partial charge >= 0.3 is 0 Å². The van der Waals surface area contributed by atoms with Crippen LogP contribution >= 0.6 is 15.9 Å². The third kappa shape index (κ3) is 4.41. The minimum atomic E-state index is -3.27. The molecule has 0 aliphatic carbocycles. The van der Waals surface area contributed by atoms with Gasteiger partial charge in [0.15, 0.2) is 9.84 Å². The van der Waals surface area contributed by atoms with Gasteiger partial charge in [0.2, 0.25) is 5.91 Å². The molecule has 1 heterocycles. The molecule has 0 N–H and O–H groups in total. The third-order valence-corrected chi connectivity index (χ3v) is 5.95. The normalized spacial score (nSPS) is 16.5. The lowest BCUT2D eigenvalue weighted by molar-refractivity contribution is -0.127. The monoisotopic (exact) mass is 386 g/mol. The number of halogens is 1. The fraction of sp³-hybridized carbons (Fsp3) is 0.400. The fourth-order valence-corrected chi connectivity index (χ4v) is 3.88. The summed E-state index contributed by atoms with van der Waals surface area (Å²) in [6.45, 7) is 6.56. The number of piperazine rings is 1. The first-order chi connectivity index (χ1) is 10.4. The number of rotatable bonds is 5. The van der Waals surface area contributed by atoms with E-state index in [1.54, 1.807) is 29.2 Å². The Labute approximate surface area is 139 Å². The van der Waals surface area contributed by atoms with Crippen molar-refractivity contribution in [3.8, 4) is 0 Å². The number of amides is 1. The van der Waals surface area contributed by atoms with Gasteiger partial charge in [-0.1, -0.05) is 22.5 Å². The molecule has 1 aromatic rings. The molecule has 1 fully saturated rings. The van der Waals surface area contributed by atoms with Crippen LogP contribution in [0, 0.1) is 0 Å². The second-order valence-electron chi connectivity index (χ2n) is 5.14. The van der Waals surface area contributed by atoms with Crippen LogP contribution in [0.4, 0.5) is 0 Å². The standard InChI is InChI=1S/C15H19BrN2O3S/c1-2-15(19)18-9-7-17(8-10-18)11-12-22(20,21)14-5-3-13(16)4-6-14/h2-6H,1,7-12H2. The van der Waals surface area contributed by atoms with Crippen LogP contribution in [0.1, 0.15) is 0 Å². The van der Waals surface area contributed by atoms with Crippen molar-refractivity contribution in [3.63, 3.8) is 0 Å². The highest BCUT2D eigenvalue weighted by Crippen LogP contribution is 2.16. The number of carbonyl (C=O) groups excluding carboxylic acids is 1. The van der Waals surface area contributed by atoms with Crippen molar-refractivity contribution in [2.45, 2.75) is 4.90 Å². The SMILES string of the molecule is C=CC(=O)N1CCN(CCS(=O)(=O)c2ccc(Br)cc2)CC1. The topological polar surface area (TPSA) is 57.7 Å². The molecule has 2 rings (SSSR count). The number of hydrogen-bond acceptors (Lipinski definition) is 4. The van der Waals surface area contributed by atoms with Crippen molar-refractivity contribution < 1.29 is 13.2 Å². The lowest BCUT2D eigenvalue weighted by atomic mass is 10.3. The quantitative estimate of drug-likeness (QED) is 0.720. The number of nitrogens with zero attached hydrogens (tertiary/aromatic N) is 2. The van der Waals surface area contributed by atoms with Gasteiger partial charge in [-0.25, -0.2) is 8.42 Å². The summed E-state index contributed by atoms with van der Waals surface area (Å²) in [6.07, 6.45) is 1.31. The molecule has 22 heavy (non-hydrogen) atoms. The predicted molar refractivity (Wildman–Crippen MR) is 89.4 cm³/mol. The van der Waals surface area contributed by atoms with Gasteiger partial charge in [0.1, 0.15) is 0 Å². The average Bonchev–Trinajstić information content (AvgIpc) is 2.53. The molecule has 7 heteroatoms. The zero-order chi connectivity index (χ0) is 16.2. The second-order valence-corrected chi connectivity index (χ2v) is 8.17. The molecule has 1 aromatic carbocycles. The van der Waals surface area contributed by atoms with Gasteiger partial charge in [0.25, 0.3) is 0 Å². The molecule has 1 saturated heterocycles. The maximum absolute atomic E-state index is 12.3. The smallest absolute Gasteiger partial charge is 0.246 e. The Morgan fingerprint density at radius 2 is 1.77 bits per heavy atom. The molecule has 0 aromatic heterocycles. The Bertz CT molecular complexity index is 635. The lowest BCUT2D eigenvalue weighted by Gasteiger charge is -2.34.